The van der Waals surface area contributed by atoms with Crippen LogP contribution in [0.5, 0.6) is 5.88 Å². The van der Waals surface area contributed by atoms with Gasteiger partial charge < -0.3 is 15.4 Å². The number of guanidine groups is 1. The van der Waals surface area contributed by atoms with E-state index in [4.69, 9.17) is 4.74 Å². The van der Waals surface area contributed by atoms with Crippen molar-refractivity contribution in [1.29, 1.82) is 0 Å². The Kier molecular flexibility index (Phi) is 8.73. The first-order valence-corrected chi connectivity index (χ1v) is 7.62. The maximum atomic E-state index is 13.1. The molecule has 0 unspecified atom stereocenters. The minimum atomic E-state index is -4.63. The summed E-state index contributed by atoms with van der Waals surface area (Å²) >= 11 is 0. The molecule has 0 aliphatic heterocycles. The predicted octanol–water partition coefficient (Wildman–Crippen LogP) is 3.73. The van der Waals surface area contributed by atoms with Crippen molar-refractivity contribution in [1.82, 2.24) is 15.6 Å². The molecule has 0 aliphatic carbocycles. The largest absolute Gasteiger partial charge is 0.481 e. The normalized spacial score (nSPS) is 11.6. The summed E-state index contributed by atoms with van der Waals surface area (Å²) in [5.41, 5.74) is -0.251. The number of nitrogens with one attached hydrogen (secondary N) is 2. The van der Waals surface area contributed by atoms with Crippen molar-refractivity contribution < 1.29 is 22.3 Å². The molecule has 2 rings (SSSR count). The van der Waals surface area contributed by atoms with E-state index in [-0.39, 0.29) is 36.1 Å². The minimum absolute atomic E-state index is 0. The number of benzene rings is 1. The summed E-state index contributed by atoms with van der Waals surface area (Å²) in [5, 5.41) is 5.75. The van der Waals surface area contributed by atoms with Gasteiger partial charge in [0.25, 0.3) is 0 Å². The van der Waals surface area contributed by atoms with Gasteiger partial charge in [0.1, 0.15) is 5.82 Å². The molecule has 1 aromatic heterocycles. The number of pyridine rings is 1. The molecule has 1 heterocycles. The monoisotopic (exact) mass is 498 g/mol. The van der Waals surface area contributed by atoms with Gasteiger partial charge in [-0.2, -0.15) is 13.2 Å². The molecule has 0 fully saturated rings. The van der Waals surface area contributed by atoms with Gasteiger partial charge in [0.15, 0.2) is 5.96 Å². The first-order valence-electron chi connectivity index (χ1n) is 7.62. The maximum absolute atomic E-state index is 13.1. The van der Waals surface area contributed by atoms with Crippen LogP contribution in [0.1, 0.15) is 16.7 Å². The molecular formula is C17H19F4IN4O. The van der Waals surface area contributed by atoms with E-state index in [9.17, 15) is 17.6 Å². The summed E-state index contributed by atoms with van der Waals surface area (Å²) in [5.74, 6) is -0.152. The highest BCUT2D eigenvalue weighted by atomic mass is 127. The Morgan fingerprint density at radius 3 is 2.41 bits per heavy atom. The van der Waals surface area contributed by atoms with E-state index >= 15 is 0 Å². The zero-order valence-electron chi connectivity index (χ0n) is 14.6. The van der Waals surface area contributed by atoms with Gasteiger partial charge in [0.05, 0.1) is 12.7 Å². The molecule has 0 bridgehead atoms. The fourth-order valence-electron chi connectivity index (χ4n) is 2.19. The van der Waals surface area contributed by atoms with Crippen molar-refractivity contribution in [2.45, 2.75) is 19.3 Å². The smallest absolute Gasteiger partial charge is 0.416 e. The lowest BCUT2D eigenvalue weighted by Crippen LogP contribution is -2.36. The summed E-state index contributed by atoms with van der Waals surface area (Å²) in [6, 6.07) is 6.07. The van der Waals surface area contributed by atoms with Crippen molar-refractivity contribution in [3.8, 4) is 5.88 Å². The molecule has 0 spiro atoms. The van der Waals surface area contributed by atoms with Crippen molar-refractivity contribution in [2.24, 2.45) is 4.99 Å². The zero-order chi connectivity index (χ0) is 19.2. The number of methoxy groups -OCH3 is 1. The molecular weight excluding hydrogens is 479 g/mol. The van der Waals surface area contributed by atoms with Crippen LogP contribution in [-0.4, -0.2) is 25.1 Å². The van der Waals surface area contributed by atoms with Crippen molar-refractivity contribution in [3.05, 3.63) is 59.0 Å². The van der Waals surface area contributed by atoms with Crippen LogP contribution in [0.4, 0.5) is 17.6 Å². The zero-order valence-corrected chi connectivity index (χ0v) is 16.9. The summed E-state index contributed by atoms with van der Waals surface area (Å²) in [4.78, 5) is 8.01. The number of rotatable bonds is 5. The van der Waals surface area contributed by atoms with E-state index < -0.39 is 17.6 Å². The number of aromatic nitrogens is 1. The number of nitrogens with zero attached hydrogens (tertiary/aromatic N) is 2. The number of ether oxygens (including phenoxy) is 1. The molecule has 5 nitrogen and oxygen atoms in total. The third kappa shape index (κ3) is 6.85. The quantitative estimate of drug-likeness (QED) is 0.286. The van der Waals surface area contributed by atoms with Gasteiger partial charge in [-0.25, -0.2) is 9.37 Å². The highest BCUT2D eigenvalue weighted by Gasteiger charge is 2.33. The molecule has 10 heteroatoms. The van der Waals surface area contributed by atoms with Crippen LogP contribution in [0.25, 0.3) is 0 Å². The van der Waals surface area contributed by atoms with Gasteiger partial charge in [-0.15, -0.1) is 24.0 Å². The Labute approximate surface area is 171 Å². The van der Waals surface area contributed by atoms with Crippen LogP contribution in [0.2, 0.25) is 0 Å². The van der Waals surface area contributed by atoms with E-state index in [1.54, 1.807) is 18.3 Å². The standard InChI is InChI=1S/C17H18F4N4O.HI/c1-22-16(24-9-11-3-6-15(26-2)23-8-11)25-10-12-4-5-13(18)7-14(12)17(19,20)21;/h3-8H,9-10H2,1-2H3,(H2,22,24,25);1H. The number of hydrogen-bond donors (Lipinski definition) is 2. The van der Waals surface area contributed by atoms with E-state index in [0.29, 0.717) is 24.5 Å². The maximum Gasteiger partial charge on any atom is 0.416 e. The van der Waals surface area contributed by atoms with Crippen LogP contribution >= 0.6 is 24.0 Å². The molecule has 0 radical (unpaired) electrons. The third-order valence-electron chi connectivity index (χ3n) is 3.51. The lowest BCUT2D eigenvalue weighted by atomic mass is 10.1. The molecule has 0 saturated heterocycles. The molecule has 2 aromatic rings. The van der Waals surface area contributed by atoms with Gasteiger partial charge in [0.2, 0.25) is 5.88 Å². The molecule has 0 aliphatic rings. The molecule has 0 amide bonds. The highest BCUT2D eigenvalue weighted by molar-refractivity contribution is 14.0. The second kappa shape index (κ2) is 10.3. The topological polar surface area (TPSA) is 58.5 Å². The van der Waals surface area contributed by atoms with E-state index in [0.717, 1.165) is 17.7 Å². The van der Waals surface area contributed by atoms with Crippen LogP contribution in [0.3, 0.4) is 0 Å². The molecule has 27 heavy (non-hydrogen) atoms. The SMILES string of the molecule is CN=C(NCc1ccc(OC)nc1)NCc1ccc(F)cc1C(F)(F)F.I. The van der Waals surface area contributed by atoms with Gasteiger partial charge in [-0.1, -0.05) is 12.1 Å². The Morgan fingerprint density at radius 2 is 1.85 bits per heavy atom. The van der Waals surface area contributed by atoms with Crippen LogP contribution < -0.4 is 15.4 Å². The Balaban J connectivity index is 0.00000364. The van der Waals surface area contributed by atoms with Gasteiger partial charge in [0, 0.05) is 32.4 Å². The Hall–Kier alpha value is -2.11. The van der Waals surface area contributed by atoms with E-state index in [1.807, 2.05) is 0 Å². The summed E-state index contributed by atoms with van der Waals surface area (Å²) in [7, 11) is 3.01. The number of alkyl halides is 3. The molecule has 0 atom stereocenters. The average molecular weight is 498 g/mol. The van der Waals surface area contributed by atoms with E-state index in [2.05, 4.69) is 20.6 Å². The first-order chi connectivity index (χ1) is 12.3. The Morgan fingerprint density at radius 1 is 1.15 bits per heavy atom. The summed E-state index contributed by atoms with van der Waals surface area (Å²) in [6.07, 6.45) is -3.02. The molecule has 0 saturated carbocycles. The molecule has 1 aromatic carbocycles. The van der Waals surface area contributed by atoms with E-state index in [1.165, 1.54) is 14.2 Å². The van der Waals surface area contributed by atoms with Crippen molar-refractivity contribution in [2.75, 3.05) is 14.2 Å². The number of hydrogen-bond acceptors (Lipinski definition) is 3. The lowest BCUT2D eigenvalue weighted by Gasteiger charge is -2.16. The fraction of sp³-hybridized carbons (Fsp3) is 0.294. The van der Waals surface area contributed by atoms with Crippen LogP contribution in [-0.2, 0) is 19.3 Å². The summed E-state index contributed by atoms with van der Waals surface area (Å²) < 4.78 is 57.1. The Bertz CT molecular complexity index is 767. The second-order valence-corrected chi connectivity index (χ2v) is 5.29. The lowest BCUT2D eigenvalue weighted by molar-refractivity contribution is -0.138. The number of halogens is 5. The van der Waals surface area contributed by atoms with Crippen molar-refractivity contribution in [3.63, 3.8) is 0 Å². The van der Waals surface area contributed by atoms with Crippen LogP contribution in [0, 0.1) is 5.82 Å². The minimum Gasteiger partial charge on any atom is -0.481 e. The average Bonchev–Trinajstić information content (AvgIpc) is 2.62. The highest BCUT2D eigenvalue weighted by Crippen LogP contribution is 2.32. The molecule has 148 valence electrons. The fourth-order valence-corrected chi connectivity index (χ4v) is 2.19. The van der Waals surface area contributed by atoms with Gasteiger partial charge in [-0.05, 0) is 23.3 Å². The predicted molar refractivity (Wildman–Crippen MR) is 105 cm³/mol. The van der Waals surface area contributed by atoms with Crippen LogP contribution in [0.15, 0.2) is 41.5 Å². The number of aliphatic imine (C=N–C) groups is 1. The molecule has 2 N–H and O–H groups in total. The second-order valence-electron chi connectivity index (χ2n) is 5.29. The van der Waals surface area contributed by atoms with Crippen molar-refractivity contribution >= 4 is 29.9 Å². The summed E-state index contributed by atoms with van der Waals surface area (Å²) in [6.45, 7) is 0.210. The van der Waals surface area contributed by atoms with Gasteiger partial charge in [-0.3, -0.25) is 4.99 Å². The first kappa shape index (κ1) is 22.9. The van der Waals surface area contributed by atoms with Gasteiger partial charge >= 0.3 is 6.18 Å². The third-order valence-corrected chi connectivity index (χ3v) is 3.51.